The summed E-state index contributed by atoms with van der Waals surface area (Å²) < 4.78 is 0. The molecule has 0 radical (unpaired) electrons. The highest BCUT2D eigenvalue weighted by atomic mass is 35.5. The molecule has 0 aromatic heterocycles. The number of hydrogen-bond acceptors (Lipinski definition) is 1. The summed E-state index contributed by atoms with van der Waals surface area (Å²) in [6.07, 6.45) is 3.66. The van der Waals surface area contributed by atoms with Crippen LogP contribution in [0.3, 0.4) is 0 Å². The molecule has 1 atom stereocenters. The lowest BCUT2D eigenvalue weighted by atomic mass is 10.0. The van der Waals surface area contributed by atoms with Crippen LogP contribution in [0.25, 0.3) is 0 Å². The van der Waals surface area contributed by atoms with Crippen LogP contribution in [0.15, 0.2) is 24.3 Å². The van der Waals surface area contributed by atoms with Gasteiger partial charge in [0.2, 0.25) is 0 Å². The van der Waals surface area contributed by atoms with Gasteiger partial charge in [0.05, 0.1) is 0 Å². The summed E-state index contributed by atoms with van der Waals surface area (Å²) >= 11 is 6.03. The van der Waals surface area contributed by atoms with E-state index >= 15 is 0 Å². The summed E-state index contributed by atoms with van der Waals surface area (Å²) in [4.78, 5) is 0. The molecule has 1 aromatic carbocycles. The maximum absolute atomic E-state index is 6.03. The van der Waals surface area contributed by atoms with E-state index in [1.165, 1.54) is 24.8 Å². The Morgan fingerprint density at radius 1 is 1.31 bits per heavy atom. The van der Waals surface area contributed by atoms with Gasteiger partial charge in [-0.3, -0.25) is 0 Å². The molecule has 0 aliphatic heterocycles. The highest BCUT2D eigenvalue weighted by Crippen LogP contribution is 2.22. The number of rotatable bonds is 6. The summed E-state index contributed by atoms with van der Waals surface area (Å²) in [5, 5.41) is 4.42. The molecule has 0 amide bonds. The zero-order valence-corrected chi connectivity index (χ0v) is 11.2. The molecule has 1 unspecified atom stereocenters. The van der Waals surface area contributed by atoms with E-state index in [-0.39, 0.29) is 0 Å². The minimum Gasteiger partial charge on any atom is -0.308 e. The average molecular weight is 240 g/mol. The minimum absolute atomic E-state index is 0.429. The van der Waals surface area contributed by atoms with E-state index in [9.17, 15) is 0 Å². The first-order chi connectivity index (χ1) is 7.63. The van der Waals surface area contributed by atoms with Crippen molar-refractivity contribution in [3.8, 4) is 0 Å². The maximum atomic E-state index is 6.03. The number of unbranched alkanes of at least 4 members (excludes halogenated alkanes) is 1. The molecular formula is C14H22ClN. The van der Waals surface area contributed by atoms with E-state index in [1.54, 1.807) is 0 Å². The first-order valence-corrected chi connectivity index (χ1v) is 6.52. The van der Waals surface area contributed by atoms with Gasteiger partial charge >= 0.3 is 0 Å². The van der Waals surface area contributed by atoms with Gasteiger partial charge in [-0.25, -0.2) is 0 Å². The maximum Gasteiger partial charge on any atom is 0.0409 e. The third kappa shape index (κ3) is 4.54. The summed E-state index contributed by atoms with van der Waals surface area (Å²) in [6, 6.07) is 9.11. The quantitative estimate of drug-likeness (QED) is 0.767. The predicted molar refractivity (Wildman–Crippen MR) is 72.0 cm³/mol. The summed E-state index contributed by atoms with van der Waals surface area (Å²) in [7, 11) is 0. The van der Waals surface area contributed by atoms with Crippen molar-refractivity contribution >= 4 is 11.6 Å². The van der Waals surface area contributed by atoms with Crippen molar-refractivity contribution in [2.24, 2.45) is 0 Å². The first-order valence-electron chi connectivity index (χ1n) is 6.15. The minimum atomic E-state index is 0.429. The van der Waals surface area contributed by atoms with Crippen LogP contribution in [-0.4, -0.2) is 6.04 Å². The zero-order valence-electron chi connectivity index (χ0n) is 10.5. The van der Waals surface area contributed by atoms with E-state index in [0.29, 0.717) is 12.1 Å². The normalized spacial score (nSPS) is 13.1. The molecule has 0 bridgehead atoms. The van der Waals surface area contributed by atoms with Gasteiger partial charge in [0.25, 0.3) is 0 Å². The predicted octanol–water partition coefficient (Wildman–Crippen LogP) is 4.57. The molecule has 0 saturated carbocycles. The molecule has 0 aliphatic carbocycles. The van der Waals surface area contributed by atoms with Crippen LogP contribution < -0.4 is 5.32 Å². The second-order valence-corrected chi connectivity index (χ2v) is 5.01. The third-order valence-corrected chi connectivity index (χ3v) is 2.87. The molecule has 0 saturated heterocycles. The lowest BCUT2D eigenvalue weighted by Crippen LogP contribution is -2.28. The lowest BCUT2D eigenvalue weighted by Gasteiger charge is -2.21. The number of benzene rings is 1. The van der Waals surface area contributed by atoms with Crippen molar-refractivity contribution in [2.45, 2.75) is 52.1 Å². The largest absolute Gasteiger partial charge is 0.308 e. The van der Waals surface area contributed by atoms with Gasteiger partial charge in [0.1, 0.15) is 0 Å². The second kappa shape index (κ2) is 6.93. The van der Waals surface area contributed by atoms with E-state index in [4.69, 9.17) is 11.6 Å². The lowest BCUT2D eigenvalue weighted by molar-refractivity contribution is 0.440. The van der Waals surface area contributed by atoms with E-state index in [1.807, 2.05) is 12.1 Å². The topological polar surface area (TPSA) is 12.0 Å². The Bertz CT molecular complexity index is 309. The van der Waals surface area contributed by atoms with Crippen molar-refractivity contribution in [3.63, 3.8) is 0 Å². The highest BCUT2D eigenvalue weighted by molar-refractivity contribution is 6.30. The zero-order chi connectivity index (χ0) is 12.0. The molecule has 0 heterocycles. The van der Waals surface area contributed by atoms with Gasteiger partial charge in [-0.15, -0.1) is 0 Å². The smallest absolute Gasteiger partial charge is 0.0409 e. The summed E-state index contributed by atoms with van der Waals surface area (Å²) in [5.41, 5.74) is 1.30. The van der Waals surface area contributed by atoms with E-state index in [0.717, 1.165) is 5.02 Å². The van der Waals surface area contributed by atoms with Gasteiger partial charge in [-0.05, 0) is 24.1 Å². The van der Waals surface area contributed by atoms with Gasteiger partial charge in [-0.1, -0.05) is 57.3 Å². The Kier molecular flexibility index (Phi) is 5.86. The van der Waals surface area contributed by atoms with Crippen molar-refractivity contribution in [3.05, 3.63) is 34.9 Å². The van der Waals surface area contributed by atoms with Crippen LogP contribution in [0.5, 0.6) is 0 Å². The van der Waals surface area contributed by atoms with Crippen molar-refractivity contribution in [1.29, 1.82) is 0 Å². The standard InChI is InChI=1S/C14H22ClN/c1-4-5-9-14(16-11(2)3)12-7-6-8-13(15)10-12/h6-8,10-11,14,16H,4-5,9H2,1-3H3. The first kappa shape index (κ1) is 13.5. The van der Waals surface area contributed by atoms with Gasteiger partial charge in [0, 0.05) is 17.1 Å². The second-order valence-electron chi connectivity index (χ2n) is 4.57. The Balaban J connectivity index is 2.74. The monoisotopic (exact) mass is 239 g/mol. The molecule has 90 valence electrons. The van der Waals surface area contributed by atoms with E-state index in [2.05, 4.69) is 38.2 Å². The number of nitrogens with one attached hydrogen (secondary N) is 1. The van der Waals surface area contributed by atoms with Gasteiger partial charge in [0.15, 0.2) is 0 Å². The fraction of sp³-hybridized carbons (Fsp3) is 0.571. The van der Waals surface area contributed by atoms with Crippen molar-refractivity contribution in [2.75, 3.05) is 0 Å². The van der Waals surface area contributed by atoms with Gasteiger partial charge in [-0.2, -0.15) is 0 Å². The van der Waals surface area contributed by atoms with Crippen LogP contribution in [0.4, 0.5) is 0 Å². The third-order valence-electron chi connectivity index (χ3n) is 2.63. The van der Waals surface area contributed by atoms with Crippen LogP contribution in [-0.2, 0) is 0 Å². The average Bonchev–Trinajstić information content (AvgIpc) is 2.23. The van der Waals surface area contributed by atoms with Crippen molar-refractivity contribution in [1.82, 2.24) is 5.32 Å². The Morgan fingerprint density at radius 3 is 2.62 bits per heavy atom. The molecule has 1 rings (SSSR count). The molecule has 2 heteroatoms. The Labute approximate surface area is 104 Å². The number of hydrogen-bond donors (Lipinski definition) is 1. The van der Waals surface area contributed by atoms with Gasteiger partial charge < -0.3 is 5.32 Å². The van der Waals surface area contributed by atoms with E-state index < -0.39 is 0 Å². The highest BCUT2D eigenvalue weighted by Gasteiger charge is 2.11. The van der Waals surface area contributed by atoms with Crippen LogP contribution in [0.1, 0.15) is 51.6 Å². The molecule has 1 aromatic rings. The molecule has 16 heavy (non-hydrogen) atoms. The van der Waals surface area contributed by atoms with Crippen LogP contribution >= 0.6 is 11.6 Å². The molecule has 0 spiro atoms. The van der Waals surface area contributed by atoms with Crippen LogP contribution in [0, 0.1) is 0 Å². The number of halogens is 1. The fourth-order valence-electron chi connectivity index (χ4n) is 1.88. The summed E-state index contributed by atoms with van der Waals surface area (Å²) in [5.74, 6) is 0. The molecule has 1 nitrogen and oxygen atoms in total. The fourth-order valence-corrected chi connectivity index (χ4v) is 2.08. The Hall–Kier alpha value is -0.530. The SMILES string of the molecule is CCCCC(NC(C)C)c1cccc(Cl)c1. The van der Waals surface area contributed by atoms with Crippen LogP contribution in [0.2, 0.25) is 5.02 Å². The van der Waals surface area contributed by atoms with Crippen molar-refractivity contribution < 1.29 is 0 Å². The summed E-state index contributed by atoms with van der Waals surface area (Å²) in [6.45, 7) is 6.59. The molecular weight excluding hydrogens is 218 g/mol. The Morgan fingerprint density at radius 2 is 2.06 bits per heavy atom. The molecule has 0 aliphatic rings. The molecule has 0 fully saturated rings. The molecule has 1 N–H and O–H groups in total.